The molecule has 0 fully saturated rings. The molecule has 0 aliphatic rings. The molecule has 1 aromatic heterocycles. The van der Waals surface area contributed by atoms with Crippen LogP contribution in [0.4, 0.5) is 18.9 Å². The van der Waals surface area contributed by atoms with Gasteiger partial charge in [-0.25, -0.2) is 4.98 Å². The predicted octanol–water partition coefficient (Wildman–Crippen LogP) is 3.13. The van der Waals surface area contributed by atoms with E-state index in [1.54, 1.807) is 17.9 Å². The van der Waals surface area contributed by atoms with E-state index in [1.165, 1.54) is 17.4 Å². The first kappa shape index (κ1) is 15.3. The van der Waals surface area contributed by atoms with Gasteiger partial charge in [0, 0.05) is 18.1 Å². The van der Waals surface area contributed by atoms with Crippen LogP contribution in [0.5, 0.6) is 0 Å². The SMILES string of the molecule is CNc1ccc(C(F)(F)F)cc1C(=O)NCc1cscn1. The zero-order chi connectivity index (χ0) is 15.5. The summed E-state index contributed by atoms with van der Waals surface area (Å²) in [6, 6.07) is 3.01. The lowest BCUT2D eigenvalue weighted by Crippen LogP contribution is -2.24. The molecule has 1 aromatic carbocycles. The summed E-state index contributed by atoms with van der Waals surface area (Å²) in [5, 5.41) is 7.01. The fraction of sp³-hybridized carbons (Fsp3) is 0.231. The van der Waals surface area contributed by atoms with Gasteiger partial charge < -0.3 is 10.6 Å². The number of carbonyl (C=O) groups is 1. The maximum Gasteiger partial charge on any atom is 0.416 e. The fourth-order valence-corrected chi connectivity index (χ4v) is 2.28. The van der Waals surface area contributed by atoms with E-state index < -0.39 is 17.6 Å². The maximum absolute atomic E-state index is 12.7. The molecule has 21 heavy (non-hydrogen) atoms. The Hall–Kier alpha value is -2.09. The highest BCUT2D eigenvalue weighted by molar-refractivity contribution is 7.07. The van der Waals surface area contributed by atoms with Gasteiger partial charge in [-0.15, -0.1) is 11.3 Å². The molecular formula is C13H12F3N3OS. The first-order valence-corrected chi connectivity index (χ1v) is 6.90. The van der Waals surface area contributed by atoms with Crippen LogP contribution in [0.3, 0.4) is 0 Å². The number of hydrogen-bond donors (Lipinski definition) is 2. The Morgan fingerprint density at radius 2 is 2.14 bits per heavy atom. The smallest absolute Gasteiger partial charge is 0.387 e. The molecule has 4 nitrogen and oxygen atoms in total. The lowest BCUT2D eigenvalue weighted by Gasteiger charge is -2.13. The van der Waals surface area contributed by atoms with Gasteiger partial charge >= 0.3 is 6.18 Å². The summed E-state index contributed by atoms with van der Waals surface area (Å²) in [6.07, 6.45) is -4.49. The van der Waals surface area contributed by atoms with Crippen LogP contribution >= 0.6 is 11.3 Å². The third kappa shape index (κ3) is 3.72. The summed E-state index contributed by atoms with van der Waals surface area (Å²) in [7, 11) is 1.54. The van der Waals surface area contributed by atoms with E-state index in [9.17, 15) is 18.0 Å². The second kappa shape index (κ2) is 6.13. The summed E-state index contributed by atoms with van der Waals surface area (Å²) in [4.78, 5) is 16.0. The average Bonchev–Trinajstić information content (AvgIpc) is 2.96. The Labute approximate surface area is 123 Å². The van der Waals surface area contributed by atoms with Crippen molar-refractivity contribution >= 4 is 22.9 Å². The summed E-state index contributed by atoms with van der Waals surface area (Å²) in [5.41, 5.74) is 1.69. The lowest BCUT2D eigenvalue weighted by atomic mass is 10.1. The fourth-order valence-electron chi connectivity index (χ4n) is 1.72. The summed E-state index contributed by atoms with van der Waals surface area (Å²) >= 11 is 1.38. The molecule has 0 radical (unpaired) electrons. The molecule has 1 amide bonds. The number of alkyl halides is 3. The van der Waals surface area contributed by atoms with Crippen molar-refractivity contribution in [3.8, 4) is 0 Å². The molecule has 0 aliphatic carbocycles. The number of nitrogens with one attached hydrogen (secondary N) is 2. The Morgan fingerprint density at radius 1 is 1.38 bits per heavy atom. The third-order valence-corrected chi connectivity index (χ3v) is 3.41. The van der Waals surface area contributed by atoms with E-state index in [4.69, 9.17) is 0 Å². The van der Waals surface area contributed by atoms with E-state index in [0.29, 0.717) is 11.4 Å². The lowest BCUT2D eigenvalue weighted by molar-refractivity contribution is -0.137. The van der Waals surface area contributed by atoms with Gasteiger partial charge in [-0.1, -0.05) is 0 Å². The first-order chi connectivity index (χ1) is 9.91. The Balaban J connectivity index is 2.21. The largest absolute Gasteiger partial charge is 0.416 e. The number of hydrogen-bond acceptors (Lipinski definition) is 4. The van der Waals surface area contributed by atoms with E-state index in [0.717, 1.165) is 12.1 Å². The summed E-state index contributed by atoms with van der Waals surface area (Å²) in [6.45, 7) is 0.168. The van der Waals surface area contributed by atoms with Crippen molar-refractivity contribution in [2.75, 3.05) is 12.4 Å². The molecule has 112 valence electrons. The van der Waals surface area contributed by atoms with E-state index in [-0.39, 0.29) is 12.1 Å². The molecule has 2 rings (SSSR count). The topological polar surface area (TPSA) is 54.0 Å². The highest BCUT2D eigenvalue weighted by Crippen LogP contribution is 2.31. The number of anilines is 1. The molecule has 0 bridgehead atoms. The van der Waals surface area contributed by atoms with Crippen molar-refractivity contribution in [2.45, 2.75) is 12.7 Å². The van der Waals surface area contributed by atoms with Gasteiger partial charge in [0.25, 0.3) is 5.91 Å². The van der Waals surface area contributed by atoms with E-state index in [2.05, 4.69) is 15.6 Å². The number of nitrogens with zero attached hydrogens (tertiary/aromatic N) is 1. The van der Waals surface area contributed by atoms with Crippen molar-refractivity contribution < 1.29 is 18.0 Å². The standard InChI is InChI=1S/C13H12F3N3OS/c1-17-11-3-2-8(13(14,15)16)4-10(11)12(20)18-5-9-6-21-7-19-9/h2-4,6-7,17H,5H2,1H3,(H,18,20). The van der Waals surface area contributed by atoms with Gasteiger partial charge in [0.05, 0.1) is 28.9 Å². The molecule has 8 heteroatoms. The van der Waals surface area contributed by atoms with Crippen molar-refractivity contribution in [1.29, 1.82) is 0 Å². The monoisotopic (exact) mass is 315 g/mol. The van der Waals surface area contributed by atoms with Crippen LogP contribution in [-0.2, 0) is 12.7 Å². The highest BCUT2D eigenvalue weighted by atomic mass is 32.1. The van der Waals surface area contributed by atoms with Crippen LogP contribution in [-0.4, -0.2) is 17.9 Å². The van der Waals surface area contributed by atoms with Crippen molar-refractivity contribution in [1.82, 2.24) is 10.3 Å². The van der Waals surface area contributed by atoms with Gasteiger partial charge in [0.1, 0.15) is 0 Å². The van der Waals surface area contributed by atoms with Gasteiger partial charge in [-0.3, -0.25) is 4.79 Å². The summed E-state index contributed by atoms with van der Waals surface area (Å²) < 4.78 is 38.1. The highest BCUT2D eigenvalue weighted by Gasteiger charge is 2.31. The Kier molecular flexibility index (Phi) is 4.46. The first-order valence-electron chi connectivity index (χ1n) is 5.96. The number of carbonyl (C=O) groups excluding carboxylic acids is 1. The number of amides is 1. The summed E-state index contributed by atoms with van der Waals surface area (Å²) in [5.74, 6) is -0.585. The molecule has 2 N–H and O–H groups in total. The van der Waals surface area contributed by atoms with Crippen LogP contribution in [0.1, 0.15) is 21.6 Å². The molecule has 0 unspecified atom stereocenters. The normalized spacial score (nSPS) is 11.2. The van der Waals surface area contributed by atoms with Crippen molar-refractivity contribution in [3.05, 3.63) is 45.9 Å². The van der Waals surface area contributed by atoms with Crippen LogP contribution in [0.15, 0.2) is 29.1 Å². The minimum Gasteiger partial charge on any atom is -0.387 e. The molecule has 0 atom stereocenters. The van der Waals surface area contributed by atoms with Gasteiger partial charge in [-0.05, 0) is 18.2 Å². The number of rotatable bonds is 4. The average molecular weight is 315 g/mol. The van der Waals surface area contributed by atoms with E-state index in [1.807, 2.05) is 0 Å². The number of halogens is 3. The van der Waals surface area contributed by atoms with Crippen molar-refractivity contribution in [3.63, 3.8) is 0 Å². The molecule has 1 heterocycles. The molecule has 0 spiro atoms. The Bertz CT molecular complexity index is 626. The van der Waals surface area contributed by atoms with Crippen LogP contribution in [0.2, 0.25) is 0 Å². The maximum atomic E-state index is 12.7. The minimum absolute atomic E-state index is 0.0532. The zero-order valence-electron chi connectivity index (χ0n) is 11.0. The van der Waals surface area contributed by atoms with Crippen LogP contribution in [0.25, 0.3) is 0 Å². The molecule has 0 saturated carbocycles. The molecule has 0 saturated heterocycles. The molecular weight excluding hydrogens is 303 g/mol. The molecule has 2 aromatic rings. The van der Waals surface area contributed by atoms with Gasteiger partial charge in [-0.2, -0.15) is 13.2 Å². The third-order valence-electron chi connectivity index (χ3n) is 2.77. The molecule has 0 aliphatic heterocycles. The minimum atomic E-state index is -4.49. The van der Waals surface area contributed by atoms with Crippen LogP contribution in [0, 0.1) is 0 Å². The predicted molar refractivity (Wildman–Crippen MR) is 74.3 cm³/mol. The quantitative estimate of drug-likeness (QED) is 0.911. The number of benzene rings is 1. The number of aromatic nitrogens is 1. The zero-order valence-corrected chi connectivity index (χ0v) is 11.8. The van der Waals surface area contributed by atoms with Gasteiger partial charge in [0.2, 0.25) is 0 Å². The Morgan fingerprint density at radius 3 is 2.71 bits per heavy atom. The van der Waals surface area contributed by atoms with Gasteiger partial charge in [0.15, 0.2) is 0 Å². The number of thiazole rings is 1. The van der Waals surface area contributed by atoms with Crippen LogP contribution < -0.4 is 10.6 Å². The van der Waals surface area contributed by atoms with E-state index >= 15 is 0 Å². The second-order valence-corrected chi connectivity index (χ2v) is 4.89. The van der Waals surface area contributed by atoms with Crippen molar-refractivity contribution in [2.24, 2.45) is 0 Å². The second-order valence-electron chi connectivity index (χ2n) is 4.17.